The molecular formula is C23H23N3O5. The lowest BCUT2D eigenvalue weighted by atomic mass is 10.1. The molecule has 1 amide bonds. The number of hydrogen-bond donors (Lipinski definition) is 2. The average Bonchev–Trinajstić information content (AvgIpc) is 3.20. The third-order valence-corrected chi connectivity index (χ3v) is 5.15. The van der Waals surface area contributed by atoms with E-state index in [4.69, 9.17) is 9.15 Å². The van der Waals surface area contributed by atoms with Gasteiger partial charge in [-0.05, 0) is 51.1 Å². The number of fused-ring (bicyclic) bond motifs is 2. The molecule has 4 aromatic rings. The molecule has 0 saturated carbocycles. The summed E-state index contributed by atoms with van der Waals surface area (Å²) < 4.78 is 12.9. The van der Waals surface area contributed by atoms with Crippen LogP contribution in [0.5, 0.6) is 5.75 Å². The van der Waals surface area contributed by atoms with Crippen LogP contribution in [0.1, 0.15) is 42.9 Å². The second kappa shape index (κ2) is 8.14. The van der Waals surface area contributed by atoms with Gasteiger partial charge in [0.15, 0.2) is 11.3 Å². The standard InChI is InChI=1S/C23H23N3O5/c1-4-26-17-10-9-15(11-16(17)25-22(28)23(26)29)21(27)24-13(3)19-12-14-7-6-8-18(30-5-2)20(14)31-19/h6-13H,4-5H2,1-3H3,(H,24,27)(H,25,28)/t13-/m1/s1. The van der Waals surface area contributed by atoms with E-state index in [1.807, 2.05) is 38.1 Å². The topological polar surface area (TPSA) is 106 Å². The van der Waals surface area contributed by atoms with Crippen molar-refractivity contribution < 1.29 is 13.9 Å². The molecule has 2 heterocycles. The predicted molar refractivity (Wildman–Crippen MR) is 118 cm³/mol. The molecule has 0 saturated heterocycles. The fraction of sp³-hybridized carbons (Fsp3) is 0.261. The van der Waals surface area contributed by atoms with Crippen molar-refractivity contribution in [1.82, 2.24) is 14.9 Å². The first-order valence-corrected chi connectivity index (χ1v) is 10.2. The lowest BCUT2D eigenvalue weighted by Gasteiger charge is -2.13. The van der Waals surface area contributed by atoms with E-state index in [1.165, 1.54) is 4.57 Å². The zero-order valence-corrected chi connectivity index (χ0v) is 17.5. The molecule has 0 spiro atoms. The number of aromatic amines is 1. The van der Waals surface area contributed by atoms with Crippen LogP contribution in [0.25, 0.3) is 22.0 Å². The number of amides is 1. The van der Waals surface area contributed by atoms with Crippen LogP contribution in [0.2, 0.25) is 0 Å². The van der Waals surface area contributed by atoms with E-state index in [0.29, 0.717) is 46.8 Å². The maximum atomic E-state index is 12.8. The largest absolute Gasteiger partial charge is 0.490 e. The van der Waals surface area contributed by atoms with E-state index in [2.05, 4.69) is 10.3 Å². The molecule has 8 nitrogen and oxygen atoms in total. The van der Waals surface area contributed by atoms with E-state index in [-0.39, 0.29) is 5.91 Å². The fourth-order valence-electron chi connectivity index (χ4n) is 3.62. The minimum absolute atomic E-state index is 0.324. The molecule has 0 aliphatic carbocycles. The quantitative estimate of drug-likeness (QED) is 0.465. The predicted octanol–water partition coefficient (Wildman–Crippen LogP) is 3.35. The molecular weight excluding hydrogens is 398 g/mol. The molecule has 160 valence electrons. The van der Waals surface area contributed by atoms with Gasteiger partial charge >= 0.3 is 11.1 Å². The van der Waals surface area contributed by atoms with Crippen LogP contribution >= 0.6 is 0 Å². The Labute approximate surface area is 177 Å². The van der Waals surface area contributed by atoms with Gasteiger partial charge in [0.1, 0.15) is 5.76 Å². The number of carbonyl (C=O) groups excluding carboxylic acids is 1. The van der Waals surface area contributed by atoms with Crippen molar-refractivity contribution in [2.24, 2.45) is 0 Å². The number of para-hydroxylation sites is 1. The maximum Gasteiger partial charge on any atom is 0.316 e. The number of furan rings is 1. The summed E-state index contributed by atoms with van der Waals surface area (Å²) in [6, 6.07) is 12.0. The van der Waals surface area contributed by atoms with Crippen molar-refractivity contribution in [3.63, 3.8) is 0 Å². The lowest BCUT2D eigenvalue weighted by molar-refractivity contribution is 0.0936. The number of H-pyrrole nitrogens is 1. The maximum absolute atomic E-state index is 12.8. The second-order valence-electron chi connectivity index (χ2n) is 7.19. The van der Waals surface area contributed by atoms with Crippen LogP contribution in [-0.4, -0.2) is 22.1 Å². The fourth-order valence-corrected chi connectivity index (χ4v) is 3.62. The van der Waals surface area contributed by atoms with Crippen LogP contribution < -0.4 is 21.2 Å². The van der Waals surface area contributed by atoms with Gasteiger partial charge in [-0.15, -0.1) is 0 Å². The van der Waals surface area contributed by atoms with Crippen molar-refractivity contribution in [3.05, 3.63) is 74.5 Å². The molecule has 0 bridgehead atoms. The summed E-state index contributed by atoms with van der Waals surface area (Å²) in [6.45, 7) is 6.40. The number of aryl methyl sites for hydroxylation is 1. The highest BCUT2D eigenvalue weighted by atomic mass is 16.5. The smallest absolute Gasteiger partial charge is 0.316 e. The number of aromatic nitrogens is 2. The van der Waals surface area contributed by atoms with E-state index in [1.54, 1.807) is 25.1 Å². The summed E-state index contributed by atoms with van der Waals surface area (Å²) in [5.74, 6) is 0.935. The summed E-state index contributed by atoms with van der Waals surface area (Å²) in [5, 5.41) is 3.80. The number of nitrogens with one attached hydrogen (secondary N) is 2. The van der Waals surface area contributed by atoms with E-state index < -0.39 is 17.2 Å². The van der Waals surface area contributed by atoms with Crippen molar-refractivity contribution in [1.29, 1.82) is 0 Å². The molecule has 8 heteroatoms. The van der Waals surface area contributed by atoms with Gasteiger partial charge in [-0.1, -0.05) is 12.1 Å². The highest BCUT2D eigenvalue weighted by Gasteiger charge is 2.18. The van der Waals surface area contributed by atoms with Gasteiger partial charge in [0.25, 0.3) is 5.91 Å². The Balaban J connectivity index is 1.62. The van der Waals surface area contributed by atoms with E-state index in [0.717, 1.165) is 5.39 Å². The number of hydrogen-bond acceptors (Lipinski definition) is 5. The molecule has 2 aromatic heterocycles. The molecule has 0 aliphatic heterocycles. The molecule has 0 radical (unpaired) electrons. The summed E-state index contributed by atoms with van der Waals surface area (Å²) in [4.78, 5) is 39.3. The number of carbonyl (C=O) groups is 1. The Bertz CT molecular complexity index is 1400. The van der Waals surface area contributed by atoms with Gasteiger partial charge in [0, 0.05) is 17.5 Å². The van der Waals surface area contributed by atoms with Crippen molar-refractivity contribution in [2.45, 2.75) is 33.4 Å². The first-order valence-electron chi connectivity index (χ1n) is 10.2. The molecule has 4 rings (SSSR count). The van der Waals surface area contributed by atoms with Crippen molar-refractivity contribution >= 4 is 27.9 Å². The summed E-state index contributed by atoms with van der Waals surface area (Å²) >= 11 is 0. The summed E-state index contributed by atoms with van der Waals surface area (Å²) in [6.07, 6.45) is 0. The van der Waals surface area contributed by atoms with Gasteiger partial charge < -0.3 is 24.0 Å². The second-order valence-corrected chi connectivity index (χ2v) is 7.19. The van der Waals surface area contributed by atoms with Crippen LogP contribution in [0.15, 0.2) is 56.5 Å². The minimum atomic E-state index is -0.715. The third-order valence-electron chi connectivity index (χ3n) is 5.15. The highest BCUT2D eigenvalue weighted by Crippen LogP contribution is 2.31. The van der Waals surface area contributed by atoms with Crippen LogP contribution in [0.3, 0.4) is 0 Å². The summed E-state index contributed by atoms with van der Waals surface area (Å²) in [5.41, 5.74) is 0.669. The van der Waals surface area contributed by atoms with Crippen LogP contribution in [-0.2, 0) is 6.54 Å². The lowest BCUT2D eigenvalue weighted by Crippen LogP contribution is -2.36. The van der Waals surface area contributed by atoms with E-state index >= 15 is 0 Å². The molecule has 2 aromatic carbocycles. The van der Waals surface area contributed by atoms with Crippen molar-refractivity contribution in [2.75, 3.05) is 6.61 Å². The Kier molecular flexibility index (Phi) is 5.37. The Morgan fingerprint density at radius 3 is 2.74 bits per heavy atom. The Hall–Kier alpha value is -3.81. The first-order chi connectivity index (χ1) is 14.9. The number of rotatable bonds is 6. The normalized spacial score (nSPS) is 12.2. The van der Waals surface area contributed by atoms with E-state index in [9.17, 15) is 14.4 Å². The molecule has 0 fully saturated rings. The molecule has 31 heavy (non-hydrogen) atoms. The van der Waals surface area contributed by atoms with Crippen LogP contribution in [0, 0.1) is 0 Å². The first kappa shape index (κ1) is 20.5. The zero-order valence-electron chi connectivity index (χ0n) is 17.5. The Morgan fingerprint density at radius 2 is 2.00 bits per heavy atom. The zero-order chi connectivity index (χ0) is 22.1. The SMILES string of the molecule is CCOc1cccc2cc([C@@H](C)NC(=O)c3ccc4c(c3)[nH]c(=O)c(=O)n4CC)oc12. The van der Waals surface area contributed by atoms with Gasteiger partial charge in [0.2, 0.25) is 0 Å². The molecule has 0 unspecified atom stereocenters. The Morgan fingerprint density at radius 1 is 1.19 bits per heavy atom. The monoisotopic (exact) mass is 421 g/mol. The average molecular weight is 421 g/mol. The number of benzene rings is 2. The number of nitrogens with zero attached hydrogens (tertiary/aromatic N) is 1. The molecule has 2 N–H and O–H groups in total. The number of ether oxygens (including phenoxy) is 1. The van der Waals surface area contributed by atoms with Gasteiger partial charge in [-0.25, -0.2) is 0 Å². The summed E-state index contributed by atoms with van der Waals surface area (Å²) in [7, 11) is 0. The van der Waals surface area contributed by atoms with Gasteiger partial charge in [-0.3, -0.25) is 14.4 Å². The third kappa shape index (κ3) is 3.72. The molecule has 0 aliphatic rings. The van der Waals surface area contributed by atoms with Crippen LogP contribution in [0.4, 0.5) is 0 Å². The highest BCUT2D eigenvalue weighted by molar-refractivity contribution is 5.97. The minimum Gasteiger partial charge on any atom is -0.490 e. The van der Waals surface area contributed by atoms with Crippen molar-refractivity contribution in [3.8, 4) is 5.75 Å². The van der Waals surface area contributed by atoms with Gasteiger partial charge in [-0.2, -0.15) is 0 Å². The van der Waals surface area contributed by atoms with Gasteiger partial charge in [0.05, 0.1) is 23.7 Å². The molecule has 1 atom stereocenters.